The van der Waals surface area contributed by atoms with Crippen molar-refractivity contribution in [3.05, 3.63) is 36.4 Å². The number of phenols is 1. The van der Waals surface area contributed by atoms with Gasteiger partial charge >= 0.3 is 0 Å². The third kappa shape index (κ3) is 7.09. The van der Waals surface area contributed by atoms with E-state index in [1.54, 1.807) is 32.1 Å². The highest BCUT2D eigenvalue weighted by molar-refractivity contribution is 5.47. The van der Waals surface area contributed by atoms with Crippen LogP contribution in [0.25, 0.3) is 6.08 Å². The van der Waals surface area contributed by atoms with Crippen molar-refractivity contribution in [1.29, 1.82) is 0 Å². The quantitative estimate of drug-likeness (QED) is 0.696. The van der Waals surface area contributed by atoms with Gasteiger partial charge in [0.25, 0.3) is 0 Å². The molecule has 1 rings (SSSR count). The summed E-state index contributed by atoms with van der Waals surface area (Å²) in [6, 6.07) is 6.89. The zero-order chi connectivity index (χ0) is 10.3. The van der Waals surface area contributed by atoms with E-state index >= 15 is 0 Å². The number of aromatic hydroxyl groups is 1. The molecule has 0 aliphatic rings. The Labute approximate surface area is 79.2 Å². The van der Waals surface area contributed by atoms with Crippen molar-refractivity contribution in [3.8, 4) is 5.75 Å². The summed E-state index contributed by atoms with van der Waals surface area (Å²) in [5.41, 5.74) is 1.02. The summed E-state index contributed by atoms with van der Waals surface area (Å²) in [7, 11) is 0. The van der Waals surface area contributed by atoms with E-state index in [1.165, 1.54) is 0 Å². The summed E-state index contributed by atoms with van der Waals surface area (Å²) in [6.45, 7) is 7.02. The molecule has 0 aliphatic heterocycles. The minimum Gasteiger partial charge on any atom is -0.508 e. The second-order valence-electron chi connectivity index (χ2n) is 2.89. The van der Waals surface area contributed by atoms with Crippen LogP contribution in [0.4, 0.5) is 0 Å². The summed E-state index contributed by atoms with van der Waals surface area (Å²) in [5, 5.41) is 16.9. The van der Waals surface area contributed by atoms with Gasteiger partial charge in [-0.25, -0.2) is 0 Å². The topological polar surface area (TPSA) is 40.5 Å². The molecular weight excluding hydrogens is 164 g/mol. The van der Waals surface area contributed by atoms with Gasteiger partial charge in [0.1, 0.15) is 5.75 Å². The van der Waals surface area contributed by atoms with Crippen LogP contribution in [-0.2, 0) is 0 Å². The van der Waals surface area contributed by atoms with Gasteiger partial charge in [-0.05, 0) is 31.5 Å². The molecule has 2 heteroatoms. The molecule has 0 saturated carbocycles. The molecule has 72 valence electrons. The average molecular weight is 180 g/mol. The molecule has 0 heterocycles. The van der Waals surface area contributed by atoms with Crippen molar-refractivity contribution in [1.82, 2.24) is 0 Å². The van der Waals surface area contributed by atoms with E-state index in [9.17, 15) is 0 Å². The largest absolute Gasteiger partial charge is 0.508 e. The van der Waals surface area contributed by atoms with Gasteiger partial charge in [0, 0.05) is 6.10 Å². The molecule has 0 saturated heterocycles. The normalized spacial score (nSPS) is 8.92. The number of aliphatic hydroxyl groups is 1. The smallest absolute Gasteiger partial charge is 0.115 e. The van der Waals surface area contributed by atoms with E-state index in [-0.39, 0.29) is 6.10 Å². The molecule has 0 aliphatic carbocycles. The predicted octanol–water partition coefficient (Wildman–Crippen LogP) is 2.42. The molecule has 0 unspecified atom stereocenters. The maximum atomic E-state index is 8.82. The fraction of sp³-hybridized carbons (Fsp3) is 0.273. The molecule has 1 aromatic carbocycles. The Kier molecular flexibility index (Phi) is 5.64. The molecule has 0 fully saturated rings. The van der Waals surface area contributed by atoms with Gasteiger partial charge in [0.2, 0.25) is 0 Å². The summed E-state index contributed by atoms with van der Waals surface area (Å²) in [5.74, 6) is 0.292. The molecule has 2 N–H and O–H groups in total. The minimum absolute atomic E-state index is 0.167. The van der Waals surface area contributed by atoms with Crippen LogP contribution in [0, 0.1) is 0 Å². The maximum absolute atomic E-state index is 8.82. The summed E-state index contributed by atoms with van der Waals surface area (Å²) < 4.78 is 0. The highest BCUT2D eigenvalue weighted by atomic mass is 16.3. The zero-order valence-electron chi connectivity index (χ0n) is 8.07. The zero-order valence-corrected chi connectivity index (χ0v) is 8.07. The van der Waals surface area contributed by atoms with E-state index in [1.807, 2.05) is 12.1 Å². The molecule has 0 bridgehead atoms. The van der Waals surface area contributed by atoms with Crippen LogP contribution in [0.2, 0.25) is 0 Å². The lowest BCUT2D eigenvalue weighted by Crippen LogP contribution is -1.85. The van der Waals surface area contributed by atoms with Crippen molar-refractivity contribution in [2.24, 2.45) is 0 Å². The van der Waals surface area contributed by atoms with Crippen molar-refractivity contribution < 1.29 is 10.2 Å². The van der Waals surface area contributed by atoms with Gasteiger partial charge in [-0.1, -0.05) is 24.8 Å². The maximum Gasteiger partial charge on any atom is 0.115 e. The summed E-state index contributed by atoms with van der Waals surface area (Å²) in [4.78, 5) is 0. The molecule has 1 aromatic rings. The Hall–Kier alpha value is -1.28. The third-order valence-electron chi connectivity index (χ3n) is 1.13. The van der Waals surface area contributed by atoms with E-state index < -0.39 is 0 Å². The lowest BCUT2D eigenvalue weighted by Gasteiger charge is -1.90. The third-order valence-corrected chi connectivity index (χ3v) is 1.13. The second-order valence-corrected chi connectivity index (χ2v) is 2.89. The number of aliphatic hydroxyl groups excluding tert-OH is 1. The monoisotopic (exact) mass is 180 g/mol. The van der Waals surface area contributed by atoms with Gasteiger partial charge < -0.3 is 10.2 Å². The lowest BCUT2D eigenvalue weighted by atomic mass is 10.2. The fourth-order valence-corrected chi connectivity index (χ4v) is 0.610. The Morgan fingerprint density at radius 3 is 1.92 bits per heavy atom. The van der Waals surface area contributed by atoms with Gasteiger partial charge in [-0.15, -0.1) is 0 Å². The van der Waals surface area contributed by atoms with Crippen molar-refractivity contribution in [2.75, 3.05) is 0 Å². The first kappa shape index (κ1) is 11.7. The minimum atomic E-state index is -0.167. The fourth-order valence-electron chi connectivity index (χ4n) is 0.610. The first-order chi connectivity index (χ1) is 6.06. The standard InChI is InChI=1S/C8H8O.C3H8O/c1-2-7-3-5-8(9)6-4-7;1-3(2)4/h2-6,9H,1H2;3-4H,1-2H3. The van der Waals surface area contributed by atoms with Gasteiger partial charge in [-0.3, -0.25) is 0 Å². The van der Waals surface area contributed by atoms with E-state index in [4.69, 9.17) is 10.2 Å². The number of phenolic OH excluding ortho intramolecular Hbond substituents is 1. The van der Waals surface area contributed by atoms with Crippen LogP contribution in [0.3, 0.4) is 0 Å². The van der Waals surface area contributed by atoms with Crippen molar-refractivity contribution >= 4 is 6.08 Å². The Morgan fingerprint density at radius 1 is 1.23 bits per heavy atom. The number of rotatable bonds is 1. The lowest BCUT2D eigenvalue weighted by molar-refractivity contribution is 0.216. The van der Waals surface area contributed by atoms with E-state index in [0.29, 0.717) is 5.75 Å². The van der Waals surface area contributed by atoms with Crippen molar-refractivity contribution in [2.45, 2.75) is 20.0 Å². The van der Waals surface area contributed by atoms with Crippen LogP contribution in [-0.4, -0.2) is 16.3 Å². The van der Waals surface area contributed by atoms with Crippen LogP contribution < -0.4 is 0 Å². The van der Waals surface area contributed by atoms with Crippen LogP contribution in [0.15, 0.2) is 30.8 Å². The molecule has 0 radical (unpaired) electrons. The molecule has 2 nitrogen and oxygen atoms in total. The number of hydrogen-bond acceptors (Lipinski definition) is 2. The van der Waals surface area contributed by atoms with E-state index in [2.05, 4.69) is 6.58 Å². The summed E-state index contributed by atoms with van der Waals surface area (Å²) >= 11 is 0. The highest BCUT2D eigenvalue weighted by Crippen LogP contribution is 2.09. The number of hydrogen-bond donors (Lipinski definition) is 2. The average Bonchev–Trinajstić information content (AvgIpc) is 2.05. The van der Waals surface area contributed by atoms with Crippen molar-refractivity contribution in [3.63, 3.8) is 0 Å². The van der Waals surface area contributed by atoms with Gasteiger partial charge in [0.05, 0.1) is 0 Å². The highest BCUT2D eigenvalue weighted by Gasteiger charge is 1.84. The Balaban J connectivity index is 0.000000310. The van der Waals surface area contributed by atoms with Gasteiger partial charge in [0.15, 0.2) is 0 Å². The Bertz CT molecular complexity index is 234. The van der Waals surface area contributed by atoms with E-state index in [0.717, 1.165) is 5.56 Å². The number of benzene rings is 1. The molecule has 13 heavy (non-hydrogen) atoms. The predicted molar refractivity (Wildman–Crippen MR) is 55.6 cm³/mol. The first-order valence-corrected chi connectivity index (χ1v) is 4.15. The van der Waals surface area contributed by atoms with Crippen LogP contribution in [0.5, 0.6) is 5.75 Å². The molecule has 0 aromatic heterocycles. The second kappa shape index (κ2) is 6.26. The molecule has 0 atom stereocenters. The van der Waals surface area contributed by atoms with Crippen LogP contribution >= 0.6 is 0 Å². The Morgan fingerprint density at radius 2 is 1.62 bits per heavy atom. The molecular formula is C11H16O2. The molecule has 0 amide bonds. The SMILES string of the molecule is C=Cc1ccc(O)cc1.CC(C)O. The van der Waals surface area contributed by atoms with Gasteiger partial charge in [-0.2, -0.15) is 0 Å². The first-order valence-electron chi connectivity index (χ1n) is 4.15. The van der Waals surface area contributed by atoms with Crippen LogP contribution in [0.1, 0.15) is 19.4 Å². The molecule has 0 spiro atoms. The summed E-state index contributed by atoms with van der Waals surface area (Å²) in [6.07, 6.45) is 1.57.